The molecule has 1 aliphatic heterocycles. The van der Waals surface area contributed by atoms with Crippen LogP contribution in [0.4, 0.5) is 11.6 Å². The van der Waals surface area contributed by atoms with Crippen molar-refractivity contribution in [1.29, 1.82) is 0 Å². The molecule has 0 radical (unpaired) electrons. The maximum Gasteiger partial charge on any atom is 0.138 e. The Morgan fingerprint density at radius 2 is 1.85 bits per heavy atom. The van der Waals surface area contributed by atoms with Crippen molar-refractivity contribution in [3.05, 3.63) is 11.4 Å². The molecule has 0 amide bonds. The van der Waals surface area contributed by atoms with Crippen LogP contribution in [0.2, 0.25) is 0 Å². The zero-order valence-corrected chi connectivity index (χ0v) is 14.1. The van der Waals surface area contributed by atoms with Crippen molar-refractivity contribution in [3.63, 3.8) is 0 Å². The number of aromatic nitrogens is 2. The smallest absolute Gasteiger partial charge is 0.138 e. The van der Waals surface area contributed by atoms with Crippen molar-refractivity contribution in [2.24, 2.45) is 0 Å². The van der Waals surface area contributed by atoms with E-state index in [9.17, 15) is 0 Å². The summed E-state index contributed by atoms with van der Waals surface area (Å²) >= 11 is 2.02. The molecule has 2 heterocycles. The van der Waals surface area contributed by atoms with E-state index in [0.29, 0.717) is 0 Å². The second kappa shape index (κ2) is 6.20. The topological polar surface area (TPSA) is 41.1 Å². The van der Waals surface area contributed by atoms with Crippen molar-refractivity contribution in [2.45, 2.75) is 40.0 Å². The van der Waals surface area contributed by atoms with Gasteiger partial charge in [0.25, 0.3) is 0 Å². The highest BCUT2D eigenvalue weighted by molar-refractivity contribution is 7.99. The Labute approximate surface area is 126 Å². The number of rotatable bonds is 3. The highest BCUT2D eigenvalue weighted by Gasteiger charge is 2.24. The van der Waals surface area contributed by atoms with Crippen LogP contribution in [0, 0.1) is 6.92 Å². The average Bonchev–Trinajstić information content (AvgIpc) is 2.41. The van der Waals surface area contributed by atoms with Crippen molar-refractivity contribution < 1.29 is 0 Å². The fourth-order valence-electron chi connectivity index (χ4n) is 2.26. The van der Waals surface area contributed by atoms with Crippen molar-refractivity contribution in [3.8, 4) is 0 Å². The molecule has 0 unspecified atom stereocenters. The van der Waals surface area contributed by atoms with E-state index in [4.69, 9.17) is 9.97 Å². The predicted octanol–water partition coefficient (Wildman–Crippen LogP) is 3.07. The normalized spacial score (nSPS) is 16.4. The van der Waals surface area contributed by atoms with Gasteiger partial charge in [0, 0.05) is 42.1 Å². The lowest BCUT2D eigenvalue weighted by molar-refractivity contribution is 0.544. The first-order chi connectivity index (χ1) is 9.43. The van der Waals surface area contributed by atoms with Gasteiger partial charge in [0.1, 0.15) is 17.5 Å². The molecule has 0 saturated carbocycles. The van der Waals surface area contributed by atoms with E-state index in [1.807, 2.05) is 11.8 Å². The minimum atomic E-state index is -0.0306. The van der Waals surface area contributed by atoms with Gasteiger partial charge >= 0.3 is 0 Å². The van der Waals surface area contributed by atoms with Crippen molar-refractivity contribution in [1.82, 2.24) is 9.97 Å². The van der Waals surface area contributed by atoms with E-state index >= 15 is 0 Å². The Bertz CT molecular complexity index is 462. The first-order valence-corrected chi connectivity index (χ1v) is 8.54. The molecule has 2 rings (SSSR count). The van der Waals surface area contributed by atoms with Gasteiger partial charge in [-0.3, -0.25) is 0 Å². The molecular formula is C15H26N4S. The molecule has 4 nitrogen and oxygen atoms in total. The second-order valence-electron chi connectivity index (χ2n) is 6.22. The number of thioether (sulfide) groups is 1. The number of hydrogen-bond acceptors (Lipinski definition) is 5. The van der Waals surface area contributed by atoms with Gasteiger partial charge in [-0.2, -0.15) is 11.8 Å². The summed E-state index contributed by atoms with van der Waals surface area (Å²) in [5.74, 6) is 5.39. The molecule has 0 bridgehead atoms. The third kappa shape index (κ3) is 3.37. The number of nitrogens with one attached hydrogen (secondary N) is 1. The van der Waals surface area contributed by atoms with E-state index in [1.54, 1.807) is 0 Å². The fourth-order valence-corrected chi connectivity index (χ4v) is 3.17. The van der Waals surface area contributed by atoms with Gasteiger partial charge in [0.15, 0.2) is 0 Å². The molecule has 0 spiro atoms. The van der Waals surface area contributed by atoms with E-state index in [1.165, 1.54) is 17.1 Å². The molecule has 1 aliphatic rings. The summed E-state index contributed by atoms with van der Waals surface area (Å²) in [5, 5.41) is 3.38. The van der Waals surface area contributed by atoms with Crippen LogP contribution in [0.15, 0.2) is 0 Å². The molecular weight excluding hydrogens is 268 g/mol. The minimum absolute atomic E-state index is 0.0306. The summed E-state index contributed by atoms with van der Waals surface area (Å²) in [6.45, 7) is 13.8. The van der Waals surface area contributed by atoms with Gasteiger partial charge in [-0.05, 0) is 13.8 Å². The summed E-state index contributed by atoms with van der Waals surface area (Å²) in [6, 6.07) is 0. The van der Waals surface area contributed by atoms with Crippen LogP contribution in [-0.2, 0) is 5.41 Å². The highest BCUT2D eigenvalue weighted by atomic mass is 32.2. The van der Waals surface area contributed by atoms with Crippen LogP contribution in [0.5, 0.6) is 0 Å². The van der Waals surface area contributed by atoms with Crippen LogP contribution >= 0.6 is 11.8 Å². The van der Waals surface area contributed by atoms with Crippen molar-refractivity contribution in [2.75, 3.05) is 41.4 Å². The number of anilines is 2. The van der Waals surface area contributed by atoms with Crippen molar-refractivity contribution >= 4 is 23.4 Å². The first kappa shape index (κ1) is 15.4. The summed E-state index contributed by atoms with van der Waals surface area (Å²) in [4.78, 5) is 12.0. The summed E-state index contributed by atoms with van der Waals surface area (Å²) in [6.07, 6.45) is 0. The minimum Gasteiger partial charge on any atom is -0.370 e. The number of nitrogens with zero attached hydrogens (tertiary/aromatic N) is 3. The molecule has 1 N–H and O–H groups in total. The summed E-state index contributed by atoms with van der Waals surface area (Å²) in [5.41, 5.74) is 1.14. The molecule has 112 valence electrons. The highest BCUT2D eigenvalue weighted by Crippen LogP contribution is 2.29. The maximum absolute atomic E-state index is 4.88. The summed E-state index contributed by atoms with van der Waals surface area (Å²) < 4.78 is 0. The Kier molecular flexibility index (Phi) is 4.78. The molecule has 1 fully saturated rings. The Morgan fingerprint density at radius 3 is 2.40 bits per heavy atom. The molecule has 0 atom stereocenters. The Balaban J connectivity index is 2.44. The predicted molar refractivity (Wildman–Crippen MR) is 89.2 cm³/mol. The summed E-state index contributed by atoms with van der Waals surface area (Å²) in [7, 11) is 0. The zero-order chi connectivity index (χ0) is 14.8. The molecule has 0 aliphatic carbocycles. The van der Waals surface area contributed by atoms with Gasteiger partial charge in [0.05, 0.1) is 0 Å². The largest absolute Gasteiger partial charge is 0.370 e. The lowest BCUT2D eigenvalue weighted by Gasteiger charge is -2.31. The molecule has 0 aromatic carbocycles. The second-order valence-corrected chi connectivity index (χ2v) is 7.45. The van der Waals surface area contributed by atoms with E-state index < -0.39 is 0 Å². The SMILES string of the molecule is CCNc1nc(C(C)(C)C)nc(N2CCSCC2)c1C. The van der Waals surface area contributed by atoms with Crippen LogP contribution < -0.4 is 10.2 Å². The van der Waals surface area contributed by atoms with E-state index in [-0.39, 0.29) is 5.41 Å². The first-order valence-electron chi connectivity index (χ1n) is 7.39. The Morgan fingerprint density at radius 1 is 1.20 bits per heavy atom. The van der Waals surface area contributed by atoms with Crippen LogP contribution in [0.1, 0.15) is 39.1 Å². The Hall–Kier alpha value is -0.970. The van der Waals surface area contributed by atoms with Crippen LogP contribution in [0.25, 0.3) is 0 Å². The third-order valence-corrected chi connectivity index (χ3v) is 4.39. The molecule has 1 saturated heterocycles. The van der Waals surface area contributed by atoms with Gasteiger partial charge in [0.2, 0.25) is 0 Å². The molecule has 20 heavy (non-hydrogen) atoms. The lowest BCUT2D eigenvalue weighted by Crippen LogP contribution is -2.35. The number of hydrogen-bond donors (Lipinski definition) is 1. The molecule has 1 aromatic rings. The molecule has 5 heteroatoms. The zero-order valence-electron chi connectivity index (χ0n) is 13.3. The quantitative estimate of drug-likeness (QED) is 0.928. The molecule has 1 aromatic heterocycles. The fraction of sp³-hybridized carbons (Fsp3) is 0.733. The monoisotopic (exact) mass is 294 g/mol. The van der Waals surface area contributed by atoms with E-state index in [0.717, 1.165) is 37.1 Å². The van der Waals surface area contributed by atoms with Gasteiger partial charge in [-0.15, -0.1) is 0 Å². The maximum atomic E-state index is 4.88. The van der Waals surface area contributed by atoms with Gasteiger partial charge < -0.3 is 10.2 Å². The van der Waals surface area contributed by atoms with E-state index in [2.05, 4.69) is 44.8 Å². The van der Waals surface area contributed by atoms with Gasteiger partial charge in [-0.25, -0.2) is 9.97 Å². The standard InChI is InChI=1S/C15H26N4S/c1-6-16-12-11(2)13(19-7-9-20-10-8-19)18-14(17-12)15(3,4)5/h6-10H2,1-5H3,(H,16,17,18). The lowest BCUT2D eigenvalue weighted by atomic mass is 9.95. The third-order valence-electron chi connectivity index (χ3n) is 3.45. The van der Waals surface area contributed by atoms with Gasteiger partial charge in [-0.1, -0.05) is 20.8 Å². The van der Waals surface area contributed by atoms with Crippen LogP contribution in [0.3, 0.4) is 0 Å². The average molecular weight is 294 g/mol. The van der Waals surface area contributed by atoms with Crippen LogP contribution in [-0.4, -0.2) is 41.1 Å².